The lowest BCUT2D eigenvalue weighted by Gasteiger charge is -2.18. The van der Waals surface area contributed by atoms with Crippen molar-refractivity contribution in [2.45, 2.75) is 29.5 Å². The molecule has 0 bridgehead atoms. The molecule has 0 radical (unpaired) electrons. The van der Waals surface area contributed by atoms with Crippen molar-refractivity contribution < 1.29 is 17.6 Å². The second-order valence-corrected chi connectivity index (χ2v) is 6.61. The first-order valence-electron chi connectivity index (χ1n) is 5.68. The maximum Gasteiger partial charge on any atom is 0.194 e. The Morgan fingerprint density at radius 3 is 2.39 bits per heavy atom. The molecular weight excluding hydrogens is 257 g/mol. The lowest BCUT2D eigenvalue weighted by atomic mass is 10.1. The highest BCUT2D eigenvalue weighted by atomic mass is 32.2. The lowest BCUT2D eigenvalue weighted by molar-refractivity contribution is -0.117. The second kappa shape index (κ2) is 4.78. The summed E-state index contributed by atoms with van der Waals surface area (Å²) in [6, 6.07) is 4.56. The molecule has 2 N–H and O–H groups in total. The highest BCUT2D eigenvalue weighted by Crippen LogP contribution is 2.29. The highest BCUT2D eigenvalue weighted by molar-refractivity contribution is 7.92. The minimum absolute atomic E-state index is 0.00394. The molecule has 1 aromatic carbocycles. The number of hydrogen-bond acceptors (Lipinski definition) is 4. The molecule has 98 valence electrons. The van der Waals surface area contributed by atoms with Gasteiger partial charge in [0.2, 0.25) is 0 Å². The van der Waals surface area contributed by atoms with Crippen LogP contribution in [0.2, 0.25) is 0 Å². The molecule has 0 spiro atoms. The van der Waals surface area contributed by atoms with Gasteiger partial charge in [0.1, 0.15) is 17.0 Å². The number of carbonyl (C=O) groups excluding carboxylic acids is 1. The number of ketones is 1. The summed E-state index contributed by atoms with van der Waals surface area (Å²) in [5.74, 6) is -0.795. The maximum atomic E-state index is 12.8. The fraction of sp³-hybridized carbons (Fsp3) is 0.417. The lowest BCUT2D eigenvalue weighted by Crippen LogP contribution is -2.37. The van der Waals surface area contributed by atoms with Crippen LogP contribution in [0.1, 0.15) is 19.3 Å². The van der Waals surface area contributed by atoms with Gasteiger partial charge in [0.15, 0.2) is 9.84 Å². The number of halogens is 1. The maximum absolute atomic E-state index is 12.8. The molecule has 0 aromatic heterocycles. The van der Waals surface area contributed by atoms with Crippen LogP contribution in [0.5, 0.6) is 0 Å². The fourth-order valence-electron chi connectivity index (χ4n) is 2.16. The van der Waals surface area contributed by atoms with Crippen LogP contribution in [0.4, 0.5) is 4.39 Å². The third-order valence-electron chi connectivity index (χ3n) is 3.25. The van der Waals surface area contributed by atoms with E-state index >= 15 is 0 Å². The molecule has 1 aliphatic rings. The van der Waals surface area contributed by atoms with Crippen molar-refractivity contribution in [1.82, 2.24) is 0 Å². The zero-order valence-corrected chi connectivity index (χ0v) is 10.5. The van der Waals surface area contributed by atoms with Gasteiger partial charge in [-0.3, -0.25) is 4.79 Å². The minimum atomic E-state index is -3.70. The number of carbonyl (C=O) groups is 1. The summed E-state index contributed by atoms with van der Waals surface area (Å²) < 4.78 is 37.1. The number of rotatable bonds is 3. The summed E-state index contributed by atoms with van der Waals surface area (Å²) in [5, 5.41) is -1.10. The predicted molar refractivity (Wildman–Crippen MR) is 63.9 cm³/mol. The van der Waals surface area contributed by atoms with Crippen molar-refractivity contribution in [3.63, 3.8) is 0 Å². The number of benzene rings is 1. The first-order valence-corrected chi connectivity index (χ1v) is 7.22. The smallest absolute Gasteiger partial charge is 0.194 e. The zero-order valence-electron chi connectivity index (χ0n) is 9.67. The Bertz CT molecular complexity index is 553. The van der Waals surface area contributed by atoms with E-state index in [1.807, 2.05) is 0 Å². The van der Waals surface area contributed by atoms with Gasteiger partial charge in [0.05, 0.1) is 4.90 Å². The topological polar surface area (TPSA) is 77.2 Å². The average Bonchev–Trinajstić information content (AvgIpc) is 2.75. The van der Waals surface area contributed by atoms with Crippen LogP contribution >= 0.6 is 0 Å². The normalized spacial score (nSPS) is 22.1. The quantitative estimate of drug-likeness (QED) is 0.839. The van der Waals surface area contributed by atoms with E-state index in [-0.39, 0.29) is 23.0 Å². The Hall–Kier alpha value is -1.27. The molecular formula is C12H14FNO3S. The molecule has 0 aliphatic heterocycles. The van der Waals surface area contributed by atoms with Gasteiger partial charge < -0.3 is 5.73 Å². The minimum Gasteiger partial charge on any atom is -0.315 e. The van der Waals surface area contributed by atoms with Gasteiger partial charge >= 0.3 is 0 Å². The molecule has 1 aliphatic carbocycles. The first-order chi connectivity index (χ1) is 8.41. The van der Waals surface area contributed by atoms with E-state index in [0.717, 1.165) is 12.1 Å². The second-order valence-electron chi connectivity index (χ2n) is 4.51. The standard InChI is InChI=1S/C12H14FNO3S/c13-9-2-5-11(6-3-9)18(16,17)12(14)8-1-4-10(15)7-8/h2-3,5-6,8,12H,1,4,7,14H2. The van der Waals surface area contributed by atoms with Crippen LogP contribution in [0.15, 0.2) is 29.2 Å². The molecule has 6 heteroatoms. The van der Waals surface area contributed by atoms with Crippen molar-refractivity contribution in [2.24, 2.45) is 11.7 Å². The SMILES string of the molecule is NC(C1CCC(=O)C1)S(=O)(=O)c1ccc(F)cc1. The third-order valence-corrected chi connectivity index (χ3v) is 5.28. The number of hydrogen-bond donors (Lipinski definition) is 1. The Balaban J connectivity index is 2.25. The van der Waals surface area contributed by atoms with Gasteiger partial charge in [-0.2, -0.15) is 0 Å². The van der Waals surface area contributed by atoms with Crippen molar-refractivity contribution >= 4 is 15.6 Å². The summed E-state index contributed by atoms with van der Waals surface area (Å²) in [6.45, 7) is 0. The number of sulfone groups is 1. The summed E-state index contributed by atoms with van der Waals surface area (Å²) in [6.07, 6.45) is 1.10. The third kappa shape index (κ3) is 2.44. The van der Waals surface area contributed by atoms with Gasteiger partial charge in [-0.1, -0.05) is 0 Å². The van der Waals surface area contributed by atoms with Gasteiger partial charge in [0.25, 0.3) is 0 Å². The Morgan fingerprint density at radius 2 is 1.89 bits per heavy atom. The summed E-state index contributed by atoms with van der Waals surface area (Å²) in [5.41, 5.74) is 5.76. The fourth-order valence-corrected chi connectivity index (χ4v) is 3.73. The Morgan fingerprint density at radius 1 is 1.28 bits per heavy atom. The monoisotopic (exact) mass is 271 g/mol. The van der Waals surface area contributed by atoms with Crippen LogP contribution in [0.3, 0.4) is 0 Å². The molecule has 2 atom stereocenters. The van der Waals surface area contributed by atoms with Gasteiger partial charge in [-0.25, -0.2) is 12.8 Å². The van der Waals surface area contributed by atoms with E-state index in [1.165, 1.54) is 12.1 Å². The Labute approximate surface area is 105 Å². The van der Waals surface area contributed by atoms with Crippen molar-refractivity contribution in [3.8, 4) is 0 Å². The number of Topliss-reactive ketones (excluding diaryl/α,β-unsaturated/α-hetero) is 1. The average molecular weight is 271 g/mol. The van der Waals surface area contributed by atoms with Crippen molar-refractivity contribution in [1.29, 1.82) is 0 Å². The predicted octanol–water partition coefficient (Wildman–Crippen LogP) is 1.25. The largest absolute Gasteiger partial charge is 0.315 e. The van der Waals surface area contributed by atoms with Gasteiger partial charge in [0, 0.05) is 12.8 Å². The van der Waals surface area contributed by atoms with Crippen molar-refractivity contribution in [3.05, 3.63) is 30.1 Å². The molecule has 1 fully saturated rings. The van der Waals surface area contributed by atoms with Crippen LogP contribution in [0.25, 0.3) is 0 Å². The van der Waals surface area contributed by atoms with E-state index in [2.05, 4.69) is 0 Å². The van der Waals surface area contributed by atoms with Gasteiger partial charge in [-0.05, 0) is 36.6 Å². The molecule has 18 heavy (non-hydrogen) atoms. The van der Waals surface area contributed by atoms with Gasteiger partial charge in [-0.15, -0.1) is 0 Å². The van der Waals surface area contributed by atoms with Crippen molar-refractivity contribution in [2.75, 3.05) is 0 Å². The Kier molecular flexibility index (Phi) is 3.49. The van der Waals surface area contributed by atoms with Crippen LogP contribution in [-0.4, -0.2) is 19.6 Å². The van der Waals surface area contributed by atoms with E-state index < -0.39 is 21.0 Å². The molecule has 0 amide bonds. The molecule has 1 aromatic rings. The zero-order chi connectivity index (χ0) is 13.3. The highest BCUT2D eigenvalue weighted by Gasteiger charge is 2.35. The number of nitrogens with two attached hydrogens (primary N) is 1. The van der Waals surface area contributed by atoms with E-state index in [1.54, 1.807) is 0 Å². The molecule has 4 nitrogen and oxygen atoms in total. The first kappa shape index (κ1) is 13.2. The molecule has 1 saturated carbocycles. The van der Waals surface area contributed by atoms with Crippen LogP contribution in [0, 0.1) is 11.7 Å². The molecule has 0 saturated heterocycles. The molecule has 2 unspecified atom stereocenters. The van der Waals surface area contributed by atoms with E-state index in [0.29, 0.717) is 12.8 Å². The van der Waals surface area contributed by atoms with E-state index in [4.69, 9.17) is 5.73 Å². The summed E-state index contributed by atoms with van der Waals surface area (Å²) >= 11 is 0. The summed E-state index contributed by atoms with van der Waals surface area (Å²) in [7, 11) is -3.70. The van der Waals surface area contributed by atoms with E-state index in [9.17, 15) is 17.6 Å². The molecule has 0 heterocycles. The van der Waals surface area contributed by atoms with Crippen LogP contribution < -0.4 is 5.73 Å². The van der Waals surface area contributed by atoms with Crippen LogP contribution in [-0.2, 0) is 14.6 Å². The summed E-state index contributed by atoms with van der Waals surface area (Å²) in [4.78, 5) is 11.2. The molecule has 2 rings (SSSR count).